The van der Waals surface area contributed by atoms with Gasteiger partial charge in [0.15, 0.2) is 0 Å². The number of aliphatic hydroxyl groups excluding tert-OH is 1. The molecule has 1 aromatic heterocycles. The molecule has 24 heavy (non-hydrogen) atoms. The summed E-state index contributed by atoms with van der Waals surface area (Å²) in [6.07, 6.45) is -0.471. The second-order valence-electron chi connectivity index (χ2n) is 6.02. The van der Waals surface area contributed by atoms with Crippen molar-refractivity contribution in [2.45, 2.75) is 12.7 Å². The lowest BCUT2D eigenvalue weighted by Gasteiger charge is -2.37. The highest BCUT2D eigenvalue weighted by atomic mass is 32.1. The molecule has 0 radical (unpaired) electrons. The maximum absolute atomic E-state index is 10.1. The van der Waals surface area contributed by atoms with Gasteiger partial charge in [0.05, 0.1) is 25.0 Å². The maximum atomic E-state index is 10.1. The second-order valence-corrected chi connectivity index (χ2v) is 7.06. The summed E-state index contributed by atoms with van der Waals surface area (Å²) in [5.74, 6) is 0.327. The molecule has 130 valence electrons. The molecule has 2 aromatic rings. The van der Waals surface area contributed by atoms with Crippen LogP contribution in [0.5, 0.6) is 5.75 Å². The highest BCUT2D eigenvalue weighted by Gasteiger charge is 2.20. The van der Waals surface area contributed by atoms with E-state index in [0.717, 1.165) is 31.9 Å². The fourth-order valence-electron chi connectivity index (χ4n) is 2.94. The monoisotopic (exact) mass is 348 g/mol. The highest BCUT2D eigenvalue weighted by molar-refractivity contribution is 7.09. The van der Waals surface area contributed by atoms with E-state index in [9.17, 15) is 10.2 Å². The van der Waals surface area contributed by atoms with Crippen LogP contribution in [0, 0.1) is 0 Å². The Labute approximate surface area is 146 Å². The van der Waals surface area contributed by atoms with Gasteiger partial charge in [-0.15, -0.1) is 11.3 Å². The number of ether oxygens (including phenoxy) is 1. The number of aliphatic hydroxyl groups is 1. The molecule has 1 saturated heterocycles. The standard InChI is InChI=1S/C18H24N2O3S/c21-15(13-23-14-16-4-3-11-24-16)12-19-7-9-20(10-8-19)17-5-1-2-6-18(17)22/h1-6,11,15,21-22H,7-10,12-14H2/t15-/m1/s1. The van der Waals surface area contributed by atoms with E-state index < -0.39 is 6.10 Å². The molecule has 0 saturated carbocycles. The van der Waals surface area contributed by atoms with Crippen molar-refractivity contribution < 1.29 is 14.9 Å². The third-order valence-corrected chi connectivity index (χ3v) is 5.05. The zero-order chi connectivity index (χ0) is 16.8. The Bertz CT molecular complexity index is 612. The topological polar surface area (TPSA) is 56.2 Å². The van der Waals surface area contributed by atoms with Crippen LogP contribution in [0.15, 0.2) is 41.8 Å². The molecule has 1 fully saturated rings. The van der Waals surface area contributed by atoms with Gasteiger partial charge >= 0.3 is 0 Å². The number of benzene rings is 1. The number of para-hydroxylation sites is 2. The first kappa shape index (κ1) is 17.2. The fourth-order valence-corrected chi connectivity index (χ4v) is 3.58. The average molecular weight is 348 g/mol. The third kappa shape index (κ3) is 4.70. The number of piperazine rings is 1. The molecule has 1 aliphatic rings. The number of aromatic hydroxyl groups is 1. The minimum absolute atomic E-state index is 0.327. The first-order valence-electron chi connectivity index (χ1n) is 8.26. The van der Waals surface area contributed by atoms with Crippen LogP contribution in [0.2, 0.25) is 0 Å². The number of hydrogen-bond acceptors (Lipinski definition) is 6. The highest BCUT2D eigenvalue weighted by Crippen LogP contribution is 2.27. The lowest BCUT2D eigenvalue weighted by Crippen LogP contribution is -2.49. The molecule has 0 amide bonds. The molecule has 3 rings (SSSR count). The summed E-state index contributed by atoms with van der Waals surface area (Å²) in [6.45, 7) is 4.99. The van der Waals surface area contributed by atoms with Gasteiger partial charge < -0.3 is 19.8 Å². The molecule has 1 aliphatic heterocycles. The van der Waals surface area contributed by atoms with E-state index in [1.54, 1.807) is 17.4 Å². The Morgan fingerprint density at radius 1 is 1.08 bits per heavy atom. The molecule has 1 aromatic carbocycles. The van der Waals surface area contributed by atoms with Crippen LogP contribution in [-0.4, -0.2) is 60.5 Å². The van der Waals surface area contributed by atoms with Crippen molar-refractivity contribution in [2.24, 2.45) is 0 Å². The molecular weight excluding hydrogens is 324 g/mol. The number of nitrogens with zero attached hydrogens (tertiary/aromatic N) is 2. The van der Waals surface area contributed by atoms with Crippen molar-refractivity contribution >= 4 is 17.0 Å². The van der Waals surface area contributed by atoms with Gasteiger partial charge in [-0.05, 0) is 23.6 Å². The van der Waals surface area contributed by atoms with E-state index in [1.807, 2.05) is 35.7 Å². The van der Waals surface area contributed by atoms with Gasteiger partial charge in [0.25, 0.3) is 0 Å². The molecule has 0 bridgehead atoms. The molecule has 2 N–H and O–H groups in total. The first-order valence-corrected chi connectivity index (χ1v) is 9.14. The Hall–Kier alpha value is -1.60. The lowest BCUT2D eigenvalue weighted by molar-refractivity contribution is 0.00990. The number of anilines is 1. The van der Waals surface area contributed by atoms with Gasteiger partial charge in [-0.25, -0.2) is 0 Å². The summed E-state index contributed by atoms with van der Waals surface area (Å²) in [5.41, 5.74) is 0.886. The second kappa shape index (κ2) is 8.48. The molecule has 0 aliphatic carbocycles. The van der Waals surface area contributed by atoms with Gasteiger partial charge in [-0.1, -0.05) is 18.2 Å². The first-order chi connectivity index (χ1) is 11.7. The summed E-state index contributed by atoms with van der Waals surface area (Å²) in [7, 11) is 0. The SMILES string of the molecule is Oc1ccccc1N1CCN(C[C@@H](O)COCc2cccs2)CC1. The number of phenols is 1. The van der Waals surface area contributed by atoms with E-state index in [-0.39, 0.29) is 0 Å². The van der Waals surface area contributed by atoms with E-state index in [4.69, 9.17) is 4.74 Å². The molecule has 5 nitrogen and oxygen atoms in total. The number of β-amino-alcohol motifs (C(OH)–C–C–N with tert-alkyl or cyclic N) is 1. The average Bonchev–Trinajstić information content (AvgIpc) is 3.10. The van der Waals surface area contributed by atoms with Crippen LogP contribution in [0.3, 0.4) is 0 Å². The zero-order valence-electron chi connectivity index (χ0n) is 13.7. The van der Waals surface area contributed by atoms with E-state index in [2.05, 4.69) is 9.80 Å². The number of thiophene rings is 1. The van der Waals surface area contributed by atoms with Gasteiger partial charge in [0, 0.05) is 37.6 Å². The summed E-state index contributed by atoms with van der Waals surface area (Å²) in [4.78, 5) is 5.61. The fraction of sp³-hybridized carbons (Fsp3) is 0.444. The minimum Gasteiger partial charge on any atom is -0.506 e. The van der Waals surface area contributed by atoms with Gasteiger partial charge in [-0.2, -0.15) is 0 Å². The quantitative estimate of drug-likeness (QED) is 0.803. The minimum atomic E-state index is -0.471. The molecule has 0 unspecified atom stereocenters. The van der Waals surface area contributed by atoms with Crippen LogP contribution >= 0.6 is 11.3 Å². The summed E-state index contributed by atoms with van der Waals surface area (Å²) < 4.78 is 5.58. The van der Waals surface area contributed by atoms with Crippen LogP contribution in [0.1, 0.15) is 4.88 Å². The van der Waals surface area contributed by atoms with Crippen LogP contribution < -0.4 is 4.90 Å². The smallest absolute Gasteiger partial charge is 0.138 e. The van der Waals surface area contributed by atoms with Gasteiger partial charge in [0.1, 0.15) is 5.75 Å². The molecule has 1 atom stereocenters. The van der Waals surface area contributed by atoms with Crippen LogP contribution in [0.25, 0.3) is 0 Å². The third-order valence-electron chi connectivity index (χ3n) is 4.20. The predicted octanol–water partition coefficient (Wildman–Crippen LogP) is 2.15. The van der Waals surface area contributed by atoms with Crippen molar-refractivity contribution in [3.05, 3.63) is 46.7 Å². The molecule has 0 spiro atoms. The lowest BCUT2D eigenvalue weighted by atomic mass is 10.2. The van der Waals surface area contributed by atoms with Crippen molar-refractivity contribution in [1.29, 1.82) is 0 Å². The van der Waals surface area contributed by atoms with Gasteiger partial charge in [-0.3, -0.25) is 4.90 Å². The largest absolute Gasteiger partial charge is 0.506 e. The van der Waals surface area contributed by atoms with E-state index in [0.29, 0.717) is 25.5 Å². The summed E-state index contributed by atoms with van der Waals surface area (Å²) in [5, 5.41) is 22.1. The Kier molecular flexibility index (Phi) is 6.09. The van der Waals surface area contributed by atoms with Crippen LogP contribution in [-0.2, 0) is 11.3 Å². The van der Waals surface area contributed by atoms with Crippen molar-refractivity contribution in [3.63, 3.8) is 0 Å². The Morgan fingerprint density at radius 3 is 2.58 bits per heavy atom. The molecule has 6 heteroatoms. The molecular formula is C18H24N2O3S. The summed E-state index contributed by atoms with van der Waals surface area (Å²) in [6, 6.07) is 11.5. The number of hydrogen-bond donors (Lipinski definition) is 2. The van der Waals surface area contributed by atoms with E-state index in [1.165, 1.54) is 4.88 Å². The van der Waals surface area contributed by atoms with Crippen molar-refractivity contribution in [1.82, 2.24) is 4.90 Å². The van der Waals surface area contributed by atoms with Crippen molar-refractivity contribution in [2.75, 3.05) is 44.2 Å². The molecule has 2 heterocycles. The normalized spacial score (nSPS) is 17.1. The van der Waals surface area contributed by atoms with Crippen LogP contribution in [0.4, 0.5) is 5.69 Å². The Morgan fingerprint density at radius 2 is 1.88 bits per heavy atom. The summed E-state index contributed by atoms with van der Waals surface area (Å²) >= 11 is 1.67. The van der Waals surface area contributed by atoms with E-state index >= 15 is 0 Å². The number of phenolic OH excluding ortho intramolecular Hbond substituents is 1. The maximum Gasteiger partial charge on any atom is 0.138 e. The Balaban J connectivity index is 1.38. The number of rotatable bonds is 7. The van der Waals surface area contributed by atoms with Gasteiger partial charge in [0.2, 0.25) is 0 Å². The van der Waals surface area contributed by atoms with Crippen molar-refractivity contribution in [3.8, 4) is 5.75 Å². The zero-order valence-corrected chi connectivity index (χ0v) is 14.5. The predicted molar refractivity (Wildman–Crippen MR) is 96.7 cm³/mol.